The quantitative estimate of drug-likeness (QED) is 0.679. The van der Waals surface area contributed by atoms with Crippen LogP contribution in [0.3, 0.4) is 0 Å². The summed E-state index contributed by atoms with van der Waals surface area (Å²) in [6.45, 7) is 6.22. The van der Waals surface area contributed by atoms with Crippen molar-refractivity contribution in [1.29, 1.82) is 0 Å². The molecule has 17 heavy (non-hydrogen) atoms. The van der Waals surface area contributed by atoms with Crippen LogP contribution >= 0.6 is 0 Å². The van der Waals surface area contributed by atoms with Crippen molar-refractivity contribution in [2.45, 2.75) is 51.6 Å². The van der Waals surface area contributed by atoms with Crippen LogP contribution in [-0.2, 0) is 9.59 Å². The van der Waals surface area contributed by atoms with Crippen LogP contribution in [0.5, 0.6) is 0 Å². The summed E-state index contributed by atoms with van der Waals surface area (Å²) < 4.78 is 0. The minimum absolute atomic E-state index is 0.122. The normalized spacial score (nSPS) is 26.6. The van der Waals surface area contributed by atoms with Gasteiger partial charge in [-0.25, -0.2) is 4.79 Å². The Labute approximate surface area is 102 Å². The largest absolute Gasteiger partial charge is 0.480 e. The highest BCUT2D eigenvalue weighted by Crippen LogP contribution is 2.19. The number of rotatable bonds is 4. The average molecular weight is 242 g/mol. The van der Waals surface area contributed by atoms with E-state index in [0.717, 1.165) is 25.8 Å². The summed E-state index contributed by atoms with van der Waals surface area (Å²) >= 11 is 0. The molecule has 1 saturated heterocycles. The zero-order valence-corrected chi connectivity index (χ0v) is 10.7. The highest BCUT2D eigenvalue weighted by Gasteiger charge is 2.36. The molecule has 1 amide bonds. The van der Waals surface area contributed by atoms with Gasteiger partial charge in [0.25, 0.3) is 0 Å². The minimum Gasteiger partial charge on any atom is -0.480 e. The maximum absolute atomic E-state index is 12.1. The predicted molar refractivity (Wildman–Crippen MR) is 64.7 cm³/mol. The highest BCUT2D eigenvalue weighted by molar-refractivity contribution is 5.90. The molecule has 0 aliphatic carbocycles. The first-order chi connectivity index (χ1) is 7.87. The third-order valence-corrected chi connectivity index (χ3v) is 3.34. The summed E-state index contributed by atoms with van der Waals surface area (Å²) in [5.41, 5.74) is -0.624. The highest BCUT2D eigenvalue weighted by atomic mass is 16.4. The molecule has 2 unspecified atom stereocenters. The summed E-state index contributed by atoms with van der Waals surface area (Å²) in [6, 6.07) is -0.817. The number of carbonyl (C=O) groups is 2. The van der Waals surface area contributed by atoms with Gasteiger partial charge in [0.2, 0.25) is 5.91 Å². The Morgan fingerprint density at radius 1 is 1.35 bits per heavy atom. The molecule has 3 N–H and O–H groups in total. The number of hydrogen-bond donors (Lipinski definition) is 3. The number of amides is 1. The summed E-state index contributed by atoms with van der Waals surface area (Å²) in [5.74, 6) is -1.31. The van der Waals surface area contributed by atoms with E-state index in [9.17, 15) is 9.59 Å². The van der Waals surface area contributed by atoms with Gasteiger partial charge < -0.3 is 15.7 Å². The minimum atomic E-state index is -0.979. The lowest BCUT2D eigenvalue weighted by atomic mass is 9.89. The van der Waals surface area contributed by atoms with E-state index in [0.29, 0.717) is 0 Å². The first-order valence-electron chi connectivity index (χ1n) is 6.15. The van der Waals surface area contributed by atoms with Gasteiger partial charge in [-0.3, -0.25) is 4.79 Å². The molecule has 98 valence electrons. The molecule has 2 atom stereocenters. The van der Waals surface area contributed by atoms with Gasteiger partial charge >= 0.3 is 5.97 Å². The molecule has 0 bridgehead atoms. The molecule has 0 aromatic carbocycles. The topological polar surface area (TPSA) is 78.4 Å². The van der Waals surface area contributed by atoms with Crippen molar-refractivity contribution < 1.29 is 14.7 Å². The molecule has 0 radical (unpaired) electrons. The molecule has 1 heterocycles. The van der Waals surface area contributed by atoms with Gasteiger partial charge in [0.15, 0.2) is 0 Å². The summed E-state index contributed by atoms with van der Waals surface area (Å²) in [7, 11) is 0. The van der Waals surface area contributed by atoms with Crippen LogP contribution in [0, 0.1) is 5.92 Å². The van der Waals surface area contributed by atoms with Crippen molar-refractivity contribution >= 4 is 11.9 Å². The molecule has 1 aliphatic heterocycles. The average Bonchev–Trinajstić information content (AvgIpc) is 2.25. The molecular weight excluding hydrogens is 220 g/mol. The van der Waals surface area contributed by atoms with Gasteiger partial charge in [0.1, 0.15) is 6.04 Å². The Morgan fingerprint density at radius 3 is 2.41 bits per heavy atom. The third-order valence-electron chi connectivity index (χ3n) is 3.34. The van der Waals surface area contributed by atoms with E-state index >= 15 is 0 Å². The van der Waals surface area contributed by atoms with Gasteiger partial charge in [0.05, 0.1) is 5.54 Å². The van der Waals surface area contributed by atoms with Crippen LogP contribution in [0.15, 0.2) is 0 Å². The lowest BCUT2D eigenvalue weighted by Crippen LogP contribution is -2.60. The fourth-order valence-electron chi connectivity index (χ4n) is 2.06. The monoisotopic (exact) mass is 242 g/mol. The summed E-state index contributed by atoms with van der Waals surface area (Å²) in [6.07, 6.45) is 2.81. The molecule has 0 spiro atoms. The van der Waals surface area contributed by atoms with Crippen LogP contribution in [-0.4, -0.2) is 35.1 Å². The molecule has 1 aliphatic rings. The first kappa shape index (κ1) is 14.0. The number of carboxylic acid groups (broad SMARTS) is 1. The molecule has 0 aromatic rings. The molecule has 1 fully saturated rings. The smallest absolute Gasteiger partial charge is 0.326 e. The van der Waals surface area contributed by atoms with Gasteiger partial charge in [0, 0.05) is 0 Å². The lowest BCUT2D eigenvalue weighted by Gasteiger charge is -2.34. The fraction of sp³-hybridized carbons (Fsp3) is 0.833. The van der Waals surface area contributed by atoms with Crippen molar-refractivity contribution in [2.24, 2.45) is 5.92 Å². The van der Waals surface area contributed by atoms with Gasteiger partial charge in [-0.15, -0.1) is 0 Å². The van der Waals surface area contributed by atoms with E-state index in [1.165, 1.54) is 0 Å². The van der Waals surface area contributed by atoms with E-state index in [1.54, 1.807) is 13.8 Å². The number of piperidine rings is 1. The molecule has 1 rings (SSSR count). The van der Waals surface area contributed by atoms with Crippen LogP contribution in [0.1, 0.15) is 40.0 Å². The van der Waals surface area contributed by atoms with Crippen LogP contribution in [0.2, 0.25) is 0 Å². The third kappa shape index (κ3) is 3.43. The van der Waals surface area contributed by atoms with Crippen molar-refractivity contribution in [3.05, 3.63) is 0 Å². The van der Waals surface area contributed by atoms with Gasteiger partial charge in [-0.05, 0) is 38.6 Å². The Hall–Kier alpha value is -1.10. The van der Waals surface area contributed by atoms with Crippen molar-refractivity contribution in [3.63, 3.8) is 0 Å². The zero-order valence-electron chi connectivity index (χ0n) is 10.7. The standard InChI is InChI=1S/C12H22N2O3/c1-8(2)9(10(15)16)14-11(17)12(3)6-4-5-7-13-12/h8-9,13H,4-7H2,1-3H3,(H,14,17)(H,15,16). The second kappa shape index (κ2) is 5.49. The number of carbonyl (C=O) groups excluding carboxylic acids is 1. The van der Waals surface area contributed by atoms with Crippen molar-refractivity contribution in [3.8, 4) is 0 Å². The van der Waals surface area contributed by atoms with E-state index in [1.807, 2.05) is 6.92 Å². The van der Waals surface area contributed by atoms with Gasteiger partial charge in [-0.2, -0.15) is 0 Å². The Morgan fingerprint density at radius 2 is 2.00 bits per heavy atom. The Balaban J connectivity index is 2.66. The Bertz CT molecular complexity index is 296. The second-order valence-electron chi connectivity index (χ2n) is 5.25. The van der Waals surface area contributed by atoms with Crippen LogP contribution < -0.4 is 10.6 Å². The maximum atomic E-state index is 12.1. The summed E-state index contributed by atoms with van der Waals surface area (Å²) in [5, 5.41) is 14.8. The van der Waals surface area contributed by atoms with E-state index in [-0.39, 0.29) is 11.8 Å². The number of hydrogen-bond acceptors (Lipinski definition) is 3. The maximum Gasteiger partial charge on any atom is 0.326 e. The van der Waals surface area contributed by atoms with Crippen molar-refractivity contribution in [2.75, 3.05) is 6.54 Å². The van der Waals surface area contributed by atoms with E-state index in [4.69, 9.17) is 5.11 Å². The first-order valence-corrected chi connectivity index (χ1v) is 6.15. The number of nitrogens with one attached hydrogen (secondary N) is 2. The molecule has 0 saturated carbocycles. The summed E-state index contributed by atoms with van der Waals surface area (Å²) in [4.78, 5) is 23.1. The fourth-order valence-corrected chi connectivity index (χ4v) is 2.06. The number of aliphatic carboxylic acids is 1. The second-order valence-corrected chi connectivity index (χ2v) is 5.25. The lowest BCUT2D eigenvalue weighted by molar-refractivity contribution is -0.144. The van der Waals surface area contributed by atoms with E-state index in [2.05, 4.69) is 10.6 Å². The zero-order chi connectivity index (χ0) is 13.1. The van der Waals surface area contributed by atoms with E-state index < -0.39 is 17.6 Å². The van der Waals surface area contributed by atoms with Gasteiger partial charge in [-0.1, -0.05) is 13.8 Å². The van der Waals surface area contributed by atoms with Crippen LogP contribution in [0.25, 0.3) is 0 Å². The molecule has 0 aromatic heterocycles. The predicted octanol–water partition coefficient (Wildman–Crippen LogP) is 0.744. The number of carboxylic acids is 1. The van der Waals surface area contributed by atoms with Crippen LogP contribution in [0.4, 0.5) is 0 Å². The molecular formula is C12H22N2O3. The molecule has 5 heteroatoms. The van der Waals surface area contributed by atoms with Crippen molar-refractivity contribution in [1.82, 2.24) is 10.6 Å². The molecule has 5 nitrogen and oxygen atoms in total. The SMILES string of the molecule is CC(C)C(NC(=O)C1(C)CCCCN1)C(=O)O. The Kier molecular flexibility index (Phi) is 4.51.